The molecule has 0 aromatic heterocycles. The molecule has 2 rings (SSSR count). The lowest BCUT2D eigenvalue weighted by Gasteiger charge is -2.24. The number of amides is 2. The number of rotatable bonds is 3. The fraction of sp³-hybridized carbons (Fsp3) is 0.867. The minimum atomic E-state index is -0.464. The molecule has 2 saturated heterocycles. The summed E-state index contributed by atoms with van der Waals surface area (Å²) in [6, 6.07) is 0.184. The Bertz CT molecular complexity index is 386. The van der Waals surface area contributed by atoms with Gasteiger partial charge in [0.05, 0.1) is 6.54 Å². The molecule has 1 N–H and O–H groups in total. The van der Waals surface area contributed by atoms with Crippen molar-refractivity contribution in [2.45, 2.75) is 51.7 Å². The van der Waals surface area contributed by atoms with Crippen LogP contribution < -0.4 is 5.32 Å². The van der Waals surface area contributed by atoms with Crippen molar-refractivity contribution in [2.24, 2.45) is 0 Å². The molecule has 0 bridgehead atoms. The summed E-state index contributed by atoms with van der Waals surface area (Å²) in [5, 5.41) is 3.27. The van der Waals surface area contributed by atoms with Crippen LogP contribution in [0.25, 0.3) is 0 Å². The summed E-state index contributed by atoms with van der Waals surface area (Å²) in [5.74, 6) is 0.170. The second-order valence-electron chi connectivity index (χ2n) is 6.88. The van der Waals surface area contributed by atoms with Gasteiger partial charge in [0.15, 0.2) is 0 Å². The molecule has 2 heterocycles. The third-order valence-electron chi connectivity index (χ3n) is 3.84. The largest absolute Gasteiger partial charge is 0.444 e. The normalized spacial score (nSPS) is 22.7. The number of nitrogens with one attached hydrogen (secondary N) is 1. The molecule has 6 nitrogen and oxygen atoms in total. The maximum absolute atomic E-state index is 12.0. The van der Waals surface area contributed by atoms with Gasteiger partial charge in [0.25, 0.3) is 0 Å². The van der Waals surface area contributed by atoms with Crippen LogP contribution in [0.4, 0.5) is 4.79 Å². The van der Waals surface area contributed by atoms with E-state index < -0.39 is 5.60 Å². The molecule has 0 radical (unpaired) electrons. The predicted octanol–water partition coefficient (Wildman–Crippen LogP) is 1.21. The van der Waals surface area contributed by atoms with Crippen molar-refractivity contribution in [2.75, 3.05) is 32.7 Å². The average molecular weight is 297 g/mol. The number of carbonyl (C=O) groups excluding carboxylic acids is 2. The van der Waals surface area contributed by atoms with Crippen LogP contribution in [0.1, 0.15) is 40.0 Å². The van der Waals surface area contributed by atoms with Crippen LogP contribution in [0.15, 0.2) is 0 Å². The Morgan fingerprint density at radius 1 is 1.14 bits per heavy atom. The van der Waals surface area contributed by atoms with Gasteiger partial charge in [0.2, 0.25) is 5.91 Å². The number of likely N-dealkylation sites (tertiary alicyclic amines) is 2. The van der Waals surface area contributed by atoms with E-state index in [2.05, 4.69) is 5.32 Å². The molecule has 0 aromatic carbocycles. The Labute approximate surface area is 126 Å². The van der Waals surface area contributed by atoms with Crippen molar-refractivity contribution < 1.29 is 14.3 Å². The lowest BCUT2D eigenvalue weighted by Crippen LogP contribution is -2.42. The minimum absolute atomic E-state index is 0.170. The van der Waals surface area contributed by atoms with Gasteiger partial charge >= 0.3 is 6.09 Å². The van der Waals surface area contributed by atoms with Crippen LogP contribution in [0.2, 0.25) is 0 Å². The zero-order chi connectivity index (χ0) is 15.5. The molecule has 2 aliphatic heterocycles. The first-order valence-corrected chi connectivity index (χ1v) is 7.84. The zero-order valence-electron chi connectivity index (χ0n) is 13.4. The summed E-state index contributed by atoms with van der Waals surface area (Å²) >= 11 is 0. The highest BCUT2D eigenvalue weighted by molar-refractivity contribution is 5.78. The van der Waals surface area contributed by atoms with Crippen LogP contribution in [-0.4, -0.2) is 66.2 Å². The van der Waals surface area contributed by atoms with E-state index in [-0.39, 0.29) is 18.0 Å². The molecule has 0 aliphatic carbocycles. The fourth-order valence-corrected chi connectivity index (χ4v) is 2.73. The van der Waals surface area contributed by atoms with E-state index in [1.165, 1.54) is 0 Å². The molecule has 0 saturated carbocycles. The highest BCUT2D eigenvalue weighted by Crippen LogP contribution is 2.15. The zero-order valence-corrected chi connectivity index (χ0v) is 13.4. The van der Waals surface area contributed by atoms with E-state index in [9.17, 15) is 9.59 Å². The first-order valence-electron chi connectivity index (χ1n) is 7.84. The highest BCUT2D eigenvalue weighted by Gasteiger charge is 2.30. The number of nitrogens with zero attached hydrogens (tertiary/aromatic N) is 2. The number of ether oxygens (including phenoxy) is 1. The van der Waals surface area contributed by atoms with Crippen LogP contribution in [0, 0.1) is 0 Å². The highest BCUT2D eigenvalue weighted by atomic mass is 16.6. The van der Waals surface area contributed by atoms with E-state index >= 15 is 0 Å². The SMILES string of the molecule is CC(C)(C)OC(=O)N1CC[C@H](NCC(=O)N2CCCC2)C1. The minimum Gasteiger partial charge on any atom is -0.444 e. The number of carbonyl (C=O) groups is 2. The van der Waals surface area contributed by atoms with Crippen molar-refractivity contribution in [3.63, 3.8) is 0 Å². The number of hydrogen-bond donors (Lipinski definition) is 1. The monoisotopic (exact) mass is 297 g/mol. The summed E-state index contributed by atoms with van der Waals surface area (Å²) in [6.07, 6.45) is 2.83. The first kappa shape index (κ1) is 16.1. The Hall–Kier alpha value is -1.30. The van der Waals surface area contributed by atoms with Gasteiger partial charge in [-0.25, -0.2) is 4.79 Å². The smallest absolute Gasteiger partial charge is 0.410 e. The van der Waals surface area contributed by atoms with E-state index in [1.54, 1.807) is 4.90 Å². The maximum atomic E-state index is 12.0. The van der Waals surface area contributed by atoms with Crippen molar-refractivity contribution in [3.05, 3.63) is 0 Å². The van der Waals surface area contributed by atoms with Gasteiger partial charge in [-0.05, 0) is 40.0 Å². The summed E-state index contributed by atoms with van der Waals surface area (Å²) in [7, 11) is 0. The van der Waals surface area contributed by atoms with Gasteiger partial charge in [0, 0.05) is 32.2 Å². The molecule has 1 atom stereocenters. The van der Waals surface area contributed by atoms with Crippen LogP contribution >= 0.6 is 0 Å². The summed E-state index contributed by atoms with van der Waals surface area (Å²) in [4.78, 5) is 27.5. The fourth-order valence-electron chi connectivity index (χ4n) is 2.73. The second kappa shape index (κ2) is 6.64. The topological polar surface area (TPSA) is 61.9 Å². The van der Waals surface area contributed by atoms with Gasteiger partial charge in [0.1, 0.15) is 5.60 Å². The molecule has 120 valence electrons. The average Bonchev–Trinajstić information content (AvgIpc) is 3.05. The molecule has 6 heteroatoms. The first-order chi connectivity index (χ1) is 9.85. The van der Waals surface area contributed by atoms with Gasteiger partial charge in [-0.3, -0.25) is 4.79 Å². The van der Waals surface area contributed by atoms with Gasteiger partial charge in [-0.1, -0.05) is 0 Å². The Kier molecular flexibility index (Phi) is 5.08. The van der Waals surface area contributed by atoms with Crippen molar-refractivity contribution in [1.82, 2.24) is 15.1 Å². The van der Waals surface area contributed by atoms with Crippen molar-refractivity contribution in [1.29, 1.82) is 0 Å². The third kappa shape index (κ3) is 4.88. The lowest BCUT2D eigenvalue weighted by molar-refractivity contribution is -0.129. The standard InChI is InChI=1S/C15H27N3O3/c1-15(2,3)21-14(20)18-9-6-12(11-18)16-10-13(19)17-7-4-5-8-17/h12,16H,4-11H2,1-3H3/t12-/m0/s1. The molecule has 0 spiro atoms. The van der Waals surface area contributed by atoms with E-state index in [0.29, 0.717) is 19.6 Å². The van der Waals surface area contributed by atoms with Crippen molar-refractivity contribution in [3.8, 4) is 0 Å². The number of hydrogen-bond acceptors (Lipinski definition) is 4. The maximum Gasteiger partial charge on any atom is 0.410 e. The second-order valence-corrected chi connectivity index (χ2v) is 6.88. The molecule has 0 aromatic rings. The summed E-state index contributed by atoms with van der Waals surface area (Å²) < 4.78 is 5.36. The van der Waals surface area contributed by atoms with Crippen molar-refractivity contribution >= 4 is 12.0 Å². The van der Waals surface area contributed by atoms with Gasteiger partial charge in [-0.2, -0.15) is 0 Å². The van der Waals surface area contributed by atoms with E-state index in [4.69, 9.17) is 4.74 Å². The molecule has 0 unspecified atom stereocenters. The predicted molar refractivity (Wildman–Crippen MR) is 80.0 cm³/mol. The van der Waals surface area contributed by atoms with Gasteiger partial charge in [-0.15, -0.1) is 0 Å². The Balaban J connectivity index is 1.70. The molecular formula is C15H27N3O3. The lowest BCUT2D eigenvalue weighted by atomic mass is 10.2. The van der Waals surface area contributed by atoms with E-state index in [0.717, 1.165) is 32.4 Å². The third-order valence-corrected chi connectivity index (χ3v) is 3.84. The molecule has 2 fully saturated rings. The summed E-state index contributed by atoms with van der Waals surface area (Å²) in [6.45, 7) is 9.03. The Morgan fingerprint density at radius 2 is 1.81 bits per heavy atom. The van der Waals surface area contributed by atoms with Crippen LogP contribution in [-0.2, 0) is 9.53 Å². The van der Waals surface area contributed by atoms with Crippen LogP contribution in [0.3, 0.4) is 0 Å². The van der Waals surface area contributed by atoms with Gasteiger partial charge < -0.3 is 19.9 Å². The molecular weight excluding hydrogens is 270 g/mol. The summed E-state index contributed by atoms with van der Waals surface area (Å²) in [5.41, 5.74) is -0.464. The Morgan fingerprint density at radius 3 is 2.43 bits per heavy atom. The van der Waals surface area contributed by atoms with Crippen LogP contribution in [0.5, 0.6) is 0 Å². The molecule has 21 heavy (non-hydrogen) atoms. The molecule has 2 amide bonds. The molecule has 2 aliphatic rings. The van der Waals surface area contributed by atoms with E-state index in [1.807, 2.05) is 25.7 Å². The quantitative estimate of drug-likeness (QED) is 0.850.